The summed E-state index contributed by atoms with van der Waals surface area (Å²) in [7, 11) is 2.07. The van der Waals surface area contributed by atoms with Crippen LogP contribution < -0.4 is 14.4 Å². The van der Waals surface area contributed by atoms with Gasteiger partial charge in [0, 0.05) is 50.4 Å². The van der Waals surface area contributed by atoms with E-state index in [0.29, 0.717) is 25.2 Å². The molecule has 0 bridgehead atoms. The summed E-state index contributed by atoms with van der Waals surface area (Å²) in [6.07, 6.45) is 5.17. The van der Waals surface area contributed by atoms with Crippen LogP contribution in [0.1, 0.15) is 58.1 Å². The largest absolute Gasteiger partial charge is 0.511 e. The highest BCUT2D eigenvalue weighted by molar-refractivity contribution is 5.70. The van der Waals surface area contributed by atoms with E-state index in [0.717, 1.165) is 37.2 Å². The first-order valence-corrected chi connectivity index (χ1v) is 12.3. The van der Waals surface area contributed by atoms with Crippen LogP contribution >= 0.6 is 0 Å². The second-order valence-corrected chi connectivity index (χ2v) is 10.9. The molecule has 4 rings (SSSR count). The lowest BCUT2D eigenvalue weighted by Gasteiger charge is -2.49. The average molecular weight is 483 g/mol. The number of anilines is 1. The Hall–Kier alpha value is -3.13. The van der Waals surface area contributed by atoms with E-state index in [1.54, 1.807) is 18.2 Å². The van der Waals surface area contributed by atoms with E-state index in [-0.39, 0.29) is 33.6 Å². The minimum absolute atomic E-state index is 0.136. The van der Waals surface area contributed by atoms with Crippen LogP contribution in [0, 0.1) is 5.41 Å². The van der Waals surface area contributed by atoms with Gasteiger partial charge in [-0.15, -0.1) is 0 Å². The van der Waals surface area contributed by atoms with Crippen LogP contribution in [-0.2, 0) is 4.79 Å². The number of rotatable bonds is 5. The Morgan fingerprint density at radius 3 is 2.46 bits per heavy atom. The second-order valence-electron chi connectivity index (χ2n) is 10.9. The van der Waals surface area contributed by atoms with Crippen molar-refractivity contribution in [3.63, 3.8) is 0 Å². The van der Waals surface area contributed by atoms with Gasteiger partial charge < -0.3 is 19.5 Å². The van der Waals surface area contributed by atoms with Crippen LogP contribution in [0.2, 0.25) is 0 Å². The van der Waals surface area contributed by atoms with Crippen molar-refractivity contribution in [2.45, 2.75) is 58.5 Å². The Kier molecular flexibility index (Phi) is 7.03. The lowest BCUT2D eigenvalue weighted by atomic mass is 9.86. The van der Waals surface area contributed by atoms with Crippen molar-refractivity contribution in [1.29, 1.82) is 0 Å². The number of nitrogens with zero attached hydrogens (tertiary/aromatic N) is 3. The summed E-state index contributed by atoms with van der Waals surface area (Å²) in [6.45, 7) is 8.53. The van der Waals surface area contributed by atoms with Crippen molar-refractivity contribution in [3.8, 4) is 11.5 Å². The van der Waals surface area contributed by atoms with E-state index < -0.39 is 6.16 Å². The molecule has 2 unspecified atom stereocenters. The molecule has 188 valence electrons. The van der Waals surface area contributed by atoms with E-state index in [4.69, 9.17) is 14.6 Å². The highest BCUT2D eigenvalue weighted by Crippen LogP contribution is 2.45. The molecule has 1 aromatic carbocycles. The molecule has 1 N–H and O–H groups in total. The zero-order chi connectivity index (χ0) is 25.2. The molecule has 1 fully saturated rings. The van der Waals surface area contributed by atoms with Crippen molar-refractivity contribution < 1.29 is 28.7 Å². The van der Waals surface area contributed by atoms with Crippen molar-refractivity contribution in [2.75, 3.05) is 31.6 Å². The molecule has 1 saturated heterocycles. The van der Waals surface area contributed by atoms with Crippen LogP contribution in [0.5, 0.6) is 11.5 Å². The van der Waals surface area contributed by atoms with Gasteiger partial charge in [0.1, 0.15) is 17.5 Å². The molecule has 3 heterocycles. The third-order valence-electron chi connectivity index (χ3n) is 7.31. The van der Waals surface area contributed by atoms with Crippen molar-refractivity contribution in [2.24, 2.45) is 5.41 Å². The van der Waals surface area contributed by atoms with Gasteiger partial charge in [-0.05, 0) is 35.7 Å². The molecular formula is C27H36N3O5+. The lowest BCUT2D eigenvalue weighted by Crippen LogP contribution is -2.62. The summed E-state index contributed by atoms with van der Waals surface area (Å²) >= 11 is 0. The van der Waals surface area contributed by atoms with Gasteiger partial charge in [0.25, 0.3) is 0 Å². The fourth-order valence-corrected chi connectivity index (χ4v) is 5.55. The zero-order valence-electron chi connectivity index (χ0n) is 21.1. The van der Waals surface area contributed by atoms with Crippen LogP contribution in [0.3, 0.4) is 0 Å². The van der Waals surface area contributed by atoms with Gasteiger partial charge in [-0.25, -0.2) is 9.59 Å². The molecule has 8 nitrogen and oxygen atoms in total. The number of carbonyl (C=O) groups excluding carboxylic acids is 1. The number of carboxylic acid groups (broad SMARTS) is 1. The van der Waals surface area contributed by atoms with E-state index >= 15 is 0 Å². The third-order valence-corrected chi connectivity index (χ3v) is 7.31. The number of pyridine rings is 1. The van der Waals surface area contributed by atoms with E-state index in [2.05, 4.69) is 37.7 Å². The third kappa shape index (κ3) is 5.42. The van der Waals surface area contributed by atoms with Gasteiger partial charge in [-0.2, -0.15) is 0 Å². The predicted octanol–water partition coefficient (Wildman–Crippen LogP) is 5.04. The Balaban J connectivity index is 1.68. The molecule has 2 aliphatic heterocycles. The van der Waals surface area contributed by atoms with Gasteiger partial charge in [0.05, 0.1) is 31.7 Å². The van der Waals surface area contributed by atoms with E-state index in [1.165, 1.54) is 0 Å². The first-order chi connectivity index (χ1) is 16.6. The second kappa shape index (κ2) is 9.85. The van der Waals surface area contributed by atoms with Crippen molar-refractivity contribution >= 4 is 17.7 Å². The van der Waals surface area contributed by atoms with Gasteiger partial charge in [0.15, 0.2) is 0 Å². The molecule has 0 spiro atoms. The minimum atomic E-state index is -1.36. The van der Waals surface area contributed by atoms with Crippen LogP contribution in [0.15, 0.2) is 42.7 Å². The maximum Gasteiger partial charge on any atom is 0.511 e. The fourth-order valence-electron chi connectivity index (χ4n) is 5.55. The normalized spacial score (nSPS) is 20.3. The molecular weight excluding hydrogens is 446 g/mol. The molecule has 8 heteroatoms. The lowest BCUT2D eigenvalue weighted by molar-refractivity contribution is -0.893. The highest BCUT2D eigenvalue weighted by atomic mass is 16.7. The van der Waals surface area contributed by atoms with Gasteiger partial charge in [-0.1, -0.05) is 20.8 Å². The van der Waals surface area contributed by atoms with Gasteiger partial charge >= 0.3 is 12.1 Å². The number of hydrogen-bond donors (Lipinski definition) is 1. The first kappa shape index (κ1) is 25.0. The molecule has 1 amide bonds. The molecule has 2 atom stereocenters. The number of carbonyl (C=O) groups is 2. The Morgan fingerprint density at radius 2 is 1.83 bits per heavy atom. The molecule has 1 aromatic heterocycles. The summed E-state index contributed by atoms with van der Waals surface area (Å²) in [5, 5.41) is 9.12. The predicted molar refractivity (Wildman–Crippen MR) is 133 cm³/mol. The molecule has 0 aliphatic carbocycles. The smallest absolute Gasteiger partial charge is 0.493 e. The number of hydrogen-bond acceptors (Lipinski definition) is 6. The van der Waals surface area contributed by atoms with Gasteiger partial charge in [-0.3, -0.25) is 9.47 Å². The van der Waals surface area contributed by atoms with E-state index in [1.807, 2.05) is 24.5 Å². The molecule has 2 aromatic rings. The number of quaternary nitrogens is 1. The Labute approximate surface area is 207 Å². The molecule has 0 saturated carbocycles. The van der Waals surface area contributed by atoms with Crippen molar-refractivity contribution in [3.05, 3.63) is 48.3 Å². The maximum atomic E-state index is 14.1. The zero-order valence-corrected chi connectivity index (χ0v) is 21.1. The molecule has 0 radical (unpaired) electrons. The molecule has 35 heavy (non-hydrogen) atoms. The highest BCUT2D eigenvalue weighted by Gasteiger charge is 2.50. The number of fused-ring (bicyclic) bond motifs is 1. The average Bonchev–Trinajstić information content (AvgIpc) is 2.82. The summed E-state index contributed by atoms with van der Waals surface area (Å²) < 4.78 is 11.1. The summed E-state index contributed by atoms with van der Waals surface area (Å²) in [5.74, 6) is 1.15. The summed E-state index contributed by atoms with van der Waals surface area (Å²) in [6, 6.07) is 9.15. The number of benzene rings is 1. The van der Waals surface area contributed by atoms with E-state index in [9.17, 15) is 9.59 Å². The number of aromatic nitrogens is 1. The summed E-state index contributed by atoms with van der Waals surface area (Å²) in [4.78, 5) is 31.7. The Morgan fingerprint density at radius 1 is 1.14 bits per heavy atom. The number of piperidine rings is 1. The standard InChI is InChI=1S/C27H35N3O5/c1-27(2,3)18-25(31)30(4,20-9-14-29(15-10-20)19-7-12-28-13-8-19)23-11-16-34-24-6-5-21(17-22(23)24)35-26(32)33/h5-8,12-13,17,20,23H,9-11,14-16,18H2,1-4H3/p+1. The quantitative estimate of drug-likeness (QED) is 0.363. The minimum Gasteiger partial charge on any atom is -0.493 e. The molecule has 2 aliphatic rings. The number of ether oxygens (including phenoxy) is 2. The first-order valence-electron chi connectivity index (χ1n) is 12.3. The summed E-state index contributed by atoms with van der Waals surface area (Å²) in [5.41, 5.74) is 1.85. The SMILES string of the molecule is CC(C)(C)CC(=O)[N+](C)(C1CCN(c2ccncc2)CC1)C1CCOc2ccc(OC(=O)O)cc21. The van der Waals surface area contributed by atoms with Crippen molar-refractivity contribution in [1.82, 2.24) is 4.98 Å². The Bertz CT molecular complexity index is 1060. The van der Waals surface area contributed by atoms with Crippen LogP contribution in [0.4, 0.5) is 10.5 Å². The van der Waals surface area contributed by atoms with Crippen LogP contribution in [0.25, 0.3) is 0 Å². The fraction of sp³-hybridized carbons (Fsp3) is 0.519. The maximum absolute atomic E-state index is 14.1. The van der Waals surface area contributed by atoms with Crippen LogP contribution in [-0.4, -0.2) is 59.4 Å². The number of amides is 1. The monoisotopic (exact) mass is 482 g/mol. The topological polar surface area (TPSA) is 89.0 Å². The van der Waals surface area contributed by atoms with Gasteiger partial charge in [0.2, 0.25) is 0 Å².